The topological polar surface area (TPSA) is 20.2 Å². The minimum absolute atomic E-state index is 0.602. The van der Waals surface area contributed by atoms with Crippen LogP contribution in [0.25, 0.3) is 0 Å². The Bertz CT molecular complexity index is 149. The van der Waals surface area contributed by atoms with Crippen molar-refractivity contribution in [3.63, 3.8) is 0 Å². The molecule has 0 aliphatic carbocycles. The summed E-state index contributed by atoms with van der Waals surface area (Å²) in [5.41, 5.74) is 0. The van der Waals surface area contributed by atoms with Gasteiger partial charge in [0.2, 0.25) is 0 Å². The molecule has 0 aromatic heterocycles. The summed E-state index contributed by atoms with van der Waals surface area (Å²) in [6, 6.07) is 0. The van der Waals surface area contributed by atoms with E-state index in [1.165, 1.54) is 38.5 Å². The van der Waals surface area contributed by atoms with E-state index in [-0.39, 0.29) is 0 Å². The third-order valence-electron chi connectivity index (χ3n) is 2.71. The predicted octanol–water partition coefficient (Wildman–Crippen LogP) is 5.37. The molecule has 0 unspecified atom stereocenters. The summed E-state index contributed by atoms with van der Waals surface area (Å²) < 4.78 is 0. The average Bonchev–Trinajstić information content (AvgIpc) is 2.25. The van der Waals surface area contributed by atoms with Gasteiger partial charge >= 0.3 is 0 Å². The van der Waals surface area contributed by atoms with Crippen molar-refractivity contribution in [2.24, 2.45) is 0 Å². The van der Waals surface area contributed by atoms with E-state index in [1.807, 2.05) is 6.08 Å². The molecule has 0 fully saturated rings. The van der Waals surface area contributed by atoms with Gasteiger partial charge in [0.15, 0.2) is 0 Å². The molecule has 1 nitrogen and oxygen atoms in total. The first-order valence-corrected chi connectivity index (χ1v) is 6.69. The Kier molecular flexibility index (Phi) is 11.3. The molecule has 1 N–H and O–H groups in total. The number of allylic oxidation sites excluding steroid dienone is 2. The zero-order valence-corrected chi connectivity index (χ0v) is 10.6. The molecule has 90 valence electrons. The van der Waals surface area contributed by atoms with E-state index < -0.39 is 0 Å². The second-order valence-electron chi connectivity index (χ2n) is 4.36. The molecule has 0 radical (unpaired) electrons. The van der Waals surface area contributed by atoms with Gasteiger partial charge in [-0.05, 0) is 18.9 Å². The summed E-state index contributed by atoms with van der Waals surface area (Å²) in [5.74, 6) is 0.602. The summed E-state index contributed by atoms with van der Waals surface area (Å²) in [6.07, 6.45) is 14.2. The summed E-state index contributed by atoms with van der Waals surface area (Å²) in [4.78, 5) is 0. The van der Waals surface area contributed by atoms with Crippen LogP contribution < -0.4 is 0 Å². The van der Waals surface area contributed by atoms with Gasteiger partial charge in [-0.1, -0.05) is 58.8 Å². The molecule has 0 amide bonds. The molecule has 0 bridgehead atoms. The molecule has 0 atom stereocenters. The van der Waals surface area contributed by atoms with E-state index >= 15 is 0 Å². The molecule has 0 rings (SSSR count). The van der Waals surface area contributed by atoms with E-state index in [2.05, 4.69) is 13.8 Å². The van der Waals surface area contributed by atoms with Gasteiger partial charge in [-0.2, -0.15) is 0 Å². The highest BCUT2D eigenvalue weighted by atomic mass is 16.3. The fourth-order valence-electron chi connectivity index (χ4n) is 1.68. The van der Waals surface area contributed by atoms with E-state index in [4.69, 9.17) is 0 Å². The highest BCUT2D eigenvalue weighted by Gasteiger charge is 1.94. The van der Waals surface area contributed by atoms with Gasteiger partial charge in [-0.25, -0.2) is 0 Å². The van der Waals surface area contributed by atoms with Crippen LogP contribution in [-0.2, 0) is 0 Å². The fraction of sp³-hybridized carbons (Fsp3) is 0.857. The van der Waals surface area contributed by atoms with Gasteiger partial charge in [-0.15, -0.1) is 0 Å². The van der Waals surface area contributed by atoms with E-state index in [9.17, 15) is 5.11 Å². The van der Waals surface area contributed by atoms with Crippen LogP contribution >= 0.6 is 0 Å². The lowest BCUT2D eigenvalue weighted by atomic mass is 10.1. The maximum absolute atomic E-state index is 9.48. The highest BCUT2D eigenvalue weighted by molar-refractivity contribution is 4.89. The highest BCUT2D eigenvalue weighted by Crippen LogP contribution is 2.11. The van der Waals surface area contributed by atoms with Crippen LogP contribution in [0.15, 0.2) is 11.8 Å². The SMILES string of the molecule is CCCC=C(O)CCCCCCCCC. The van der Waals surface area contributed by atoms with Gasteiger partial charge in [0.25, 0.3) is 0 Å². The van der Waals surface area contributed by atoms with Crippen molar-refractivity contribution >= 4 is 0 Å². The second-order valence-corrected chi connectivity index (χ2v) is 4.36. The Morgan fingerprint density at radius 1 is 0.867 bits per heavy atom. The van der Waals surface area contributed by atoms with Crippen molar-refractivity contribution in [1.82, 2.24) is 0 Å². The number of hydrogen-bond acceptors (Lipinski definition) is 1. The molecular weight excluding hydrogens is 184 g/mol. The van der Waals surface area contributed by atoms with Gasteiger partial charge in [0.05, 0.1) is 5.76 Å². The Morgan fingerprint density at radius 2 is 1.47 bits per heavy atom. The van der Waals surface area contributed by atoms with Gasteiger partial charge in [0, 0.05) is 6.42 Å². The first kappa shape index (κ1) is 14.5. The summed E-state index contributed by atoms with van der Waals surface area (Å²) in [5, 5.41) is 9.48. The van der Waals surface area contributed by atoms with E-state index in [0.717, 1.165) is 25.7 Å². The number of aliphatic hydroxyl groups excluding tert-OH is 1. The third-order valence-corrected chi connectivity index (χ3v) is 2.71. The minimum atomic E-state index is 0.602. The molecular formula is C14H28O. The molecule has 0 aliphatic heterocycles. The lowest BCUT2D eigenvalue weighted by Gasteiger charge is -2.01. The van der Waals surface area contributed by atoms with Gasteiger partial charge < -0.3 is 5.11 Å². The van der Waals surface area contributed by atoms with Crippen molar-refractivity contribution < 1.29 is 5.11 Å². The largest absolute Gasteiger partial charge is 0.513 e. The zero-order chi connectivity index (χ0) is 11.4. The Labute approximate surface area is 95.6 Å². The van der Waals surface area contributed by atoms with Crippen LogP contribution in [0.1, 0.15) is 78.1 Å². The number of rotatable bonds is 10. The monoisotopic (exact) mass is 212 g/mol. The van der Waals surface area contributed by atoms with Crippen LogP contribution in [0, 0.1) is 0 Å². The van der Waals surface area contributed by atoms with E-state index in [0.29, 0.717) is 5.76 Å². The summed E-state index contributed by atoms with van der Waals surface area (Å²) in [6.45, 7) is 4.38. The fourth-order valence-corrected chi connectivity index (χ4v) is 1.68. The molecule has 0 aliphatic rings. The molecule has 0 spiro atoms. The molecule has 0 heterocycles. The lowest BCUT2D eigenvalue weighted by Crippen LogP contribution is -1.84. The zero-order valence-electron chi connectivity index (χ0n) is 10.6. The van der Waals surface area contributed by atoms with Crippen LogP contribution in [0.3, 0.4) is 0 Å². The third kappa shape index (κ3) is 11.5. The van der Waals surface area contributed by atoms with Crippen LogP contribution in [0.2, 0.25) is 0 Å². The normalized spacial score (nSPS) is 12.0. The molecule has 0 aromatic carbocycles. The smallest absolute Gasteiger partial charge is 0.0882 e. The van der Waals surface area contributed by atoms with Crippen LogP contribution in [-0.4, -0.2) is 5.11 Å². The molecule has 0 saturated carbocycles. The van der Waals surface area contributed by atoms with Gasteiger partial charge in [0.1, 0.15) is 0 Å². The maximum Gasteiger partial charge on any atom is 0.0882 e. The first-order valence-electron chi connectivity index (χ1n) is 6.69. The van der Waals surface area contributed by atoms with Crippen molar-refractivity contribution in [3.8, 4) is 0 Å². The molecule has 0 aromatic rings. The second kappa shape index (κ2) is 11.6. The average molecular weight is 212 g/mol. The number of hydrogen-bond donors (Lipinski definition) is 1. The number of aliphatic hydroxyl groups is 1. The molecule has 0 saturated heterocycles. The Hall–Kier alpha value is -0.460. The Balaban J connectivity index is 3.16. The number of unbranched alkanes of at least 4 members (excludes halogenated alkanes) is 7. The van der Waals surface area contributed by atoms with Crippen molar-refractivity contribution in [1.29, 1.82) is 0 Å². The van der Waals surface area contributed by atoms with E-state index in [1.54, 1.807) is 0 Å². The van der Waals surface area contributed by atoms with Crippen LogP contribution in [0.5, 0.6) is 0 Å². The molecule has 15 heavy (non-hydrogen) atoms. The quantitative estimate of drug-likeness (QED) is 0.381. The lowest BCUT2D eigenvalue weighted by molar-refractivity contribution is 0.377. The predicted molar refractivity (Wildman–Crippen MR) is 68.2 cm³/mol. The van der Waals surface area contributed by atoms with Crippen molar-refractivity contribution in [3.05, 3.63) is 11.8 Å². The first-order chi connectivity index (χ1) is 7.31. The van der Waals surface area contributed by atoms with Crippen molar-refractivity contribution in [2.45, 2.75) is 78.1 Å². The van der Waals surface area contributed by atoms with Crippen molar-refractivity contribution in [2.75, 3.05) is 0 Å². The maximum atomic E-state index is 9.48. The van der Waals surface area contributed by atoms with Gasteiger partial charge in [-0.3, -0.25) is 0 Å². The summed E-state index contributed by atoms with van der Waals surface area (Å²) >= 11 is 0. The summed E-state index contributed by atoms with van der Waals surface area (Å²) in [7, 11) is 0. The molecule has 1 heteroatoms. The standard InChI is InChI=1S/C14H28O/c1-3-5-7-8-9-10-11-13-14(15)12-6-4-2/h12,15H,3-11,13H2,1-2H3. The van der Waals surface area contributed by atoms with Crippen LogP contribution in [0.4, 0.5) is 0 Å². The minimum Gasteiger partial charge on any atom is -0.513 e. The Morgan fingerprint density at radius 3 is 2.07 bits per heavy atom.